The average molecular weight is 420 g/mol. The van der Waals surface area contributed by atoms with E-state index in [0.29, 0.717) is 5.69 Å². The van der Waals surface area contributed by atoms with Gasteiger partial charge in [-0.3, -0.25) is 4.31 Å². The predicted octanol–water partition coefficient (Wildman–Crippen LogP) is 4.52. The van der Waals surface area contributed by atoms with Gasteiger partial charge in [0, 0.05) is 7.05 Å². The quantitative estimate of drug-likeness (QED) is 0.450. The molecule has 0 aliphatic rings. The van der Waals surface area contributed by atoms with E-state index < -0.39 is 21.8 Å². The SMILES string of the molecule is CN(c1ccccc1)S(=O)(=O)c1cc(C(=O)Oc2ccccc2F)ccc1Cl. The normalized spacial score (nSPS) is 11.1. The first kappa shape index (κ1) is 19.9. The zero-order valence-corrected chi connectivity index (χ0v) is 16.2. The Hall–Kier alpha value is -2.90. The number of carbonyl (C=O) groups excluding carboxylic acids is 1. The number of nitrogens with zero attached hydrogens (tertiary/aromatic N) is 1. The summed E-state index contributed by atoms with van der Waals surface area (Å²) in [6, 6.07) is 17.5. The van der Waals surface area contributed by atoms with Crippen LogP contribution in [0.3, 0.4) is 0 Å². The van der Waals surface area contributed by atoms with E-state index in [9.17, 15) is 17.6 Å². The van der Waals surface area contributed by atoms with Crippen LogP contribution in [0.25, 0.3) is 0 Å². The van der Waals surface area contributed by atoms with Crippen molar-refractivity contribution in [3.63, 3.8) is 0 Å². The molecule has 0 atom stereocenters. The molecule has 0 fully saturated rings. The number of benzene rings is 3. The first-order chi connectivity index (χ1) is 13.3. The van der Waals surface area contributed by atoms with Gasteiger partial charge in [-0.15, -0.1) is 0 Å². The minimum absolute atomic E-state index is 0.0507. The lowest BCUT2D eigenvalue weighted by Crippen LogP contribution is -2.27. The fourth-order valence-electron chi connectivity index (χ4n) is 2.44. The van der Waals surface area contributed by atoms with Gasteiger partial charge < -0.3 is 4.74 Å². The summed E-state index contributed by atoms with van der Waals surface area (Å²) in [6.07, 6.45) is 0. The fourth-order valence-corrected chi connectivity index (χ4v) is 4.13. The Bertz CT molecular complexity index is 1120. The van der Waals surface area contributed by atoms with Crippen LogP contribution in [0.15, 0.2) is 77.7 Å². The number of ether oxygens (including phenoxy) is 1. The van der Waals surface area contributed by atoms with Gasteiger partial charge in [-0.05, 0) is 42.5 Å². The summed E-state index contributed by atoms with van der Waals surface area (Å²) in [7, 11) is -2.66. The molecule has 0 aromatic heterocycles. The molecular weight excluding hydrogens is 405 g/mol. The van der Waals surface area contributed by atoms with Crippen molar-refractivity contribution < 1.29 is 22.3 Å². The van der Waals surface area contributed by atoms with E-state index in [1.165, 1.54) is 37.4 Å². The first-order valence-corrected chi connectivity index (χ1v) is 9.93. The lowest BCUT2D eigenvalue weighted by Gasteiger charge is -2.20. The number of carbonyl (C=O) groups is 1. The van der Waals surface area contributed by atoms with Crippen LogP contribution in [0.2, 0.25) is 5.02 Å². The molecule has 0 spiro atoms. The van der Waals surface area contributed by atoms with Gasteiger partial charge in [-0.1, -0.05) is 41.9 Å². The molecule has 8 heteroatoms. The molecule has 28 heavy (non-hydrogen) atoms. The van der Waals surface area contributed by atoms with Crippen molar-refractivity contribution in [2.45, 2.75) is 4.90 Å². The topological polar surface area (TPSA) is 63.7 Å². The standard InChI is InChI=1S/C20H15ClFNO4S/c1-23(15-7-3-2-4-8-15)28(25,26)19-13-14(11-12-16(19)21)20(24)27-18-10-6-5-9-17(18)22/h2-13H,1H3. The molecule has 0 saturated carbocycles. The van der Waals surface area contributed by atoms with Gasteiger partial charge in [0.2, 0.25) is 0 Å². The molecule has 0 radical (unpaired) electrons. The summed E-state index contributed by atoms with van der Waals surface area (Å²) < 4.78 is 45.7. The molecule has 0 N–H and O–H groups in total. The van der Waals surface area contributed by atoms with E-state index in [2.05, 4.69) is 0 Å². The number of halogens is 2. The molecule has 0 aliphatic heterocycles. The van der Waals surface area contributed by atoms with Crippen LogP contribution in [-0.4, -0.2) is 21.4 Å². The minimum atomic E-state index is -4.04. The van der Waals surface area contributed by atoms with Gasteiger partial charge in [0.25, 0.3) is 10.0 Å². The highest BCUT2D eigenvalue weighted by atomic mass is 35.5. The van der Waals surface area contributed by atoms with Crippen molar-refractivity contribution in [1.29, 1.82) is 0 Å². The van der Waals surface area contributed by atoms with E-state index in [1.54, 1.807) is 30.3 Å². The molecule has 3 aromatic rings. The molecule has 3 aromatic carbocycles. The van der Waals surface area contributed by atoms with E-state index in [0.717, 1.165) is 16.4 Å². The largest absolute Gasteiger partial charge is 0.420 e. The maximum Gasteiger partial charge on any atom is 0.343 e. The third-order valence-electron chi connectivity index (χ3n) is 3.96. The number of para-hydroxylation sites is 2. The summed E-state index contributed by atoms with van der Waals surface area (Å²) in [5.74, 6) is -1.87. The Morgan fingerprint density at radius 3 is 2.32 bits per heavy atom. The van der Waals surface area contributed by atoms with E-state index in [1.807, 2.05) is 0 Å². The summed E-state index contributed by atoms with van der Waals surface area (Å²) in [6.45, 7) is 0. The molecule has 0 aliphatic carbocycles. The first-order valence-electron chi connectivity index (χ1n) is 8.11. The van der Waals surface area contributed by atoms with Gasteiger partial charge >= 0.3 is 5.97 Å². The monoisotopic (exact) mass is 419 g/mol. The smallest absolute Gasteiger partial charge is 0.343 e. The third kappa shape index (κ3) is 4.00. The van der Waals surface area contributed by atoms with Gasteiger partial charge in [0.1, 0.15) is 4.90 Å². The third-order valence-corrected chi connectivity index (χ3v) is 6.23. The second kappa shape index (κ2) is 8.00. The van der Waals surface area contributed by atoms with Gasteiger partial charge in [-0.25, -0.2) is 17.6 Å². The Morgan fingerprint density at radius 1 is 1.00 bits per heavy atom. The molecule has 0 unspecified atom stereocenters. The van der Waals surface area contributed by atoms with Gasteiger partial charge in [-0.2, -0.15) is 0 Å². The van der Waals surface area contributed by atoms with Crippen LogP contribution in [0, 0.1) is 5.82 Å². The highest BCUT2D eigenvalue weighted by Crippen LogP contribution is 2.29. The maximum absolute atomic E-state index is 13.7. The highest BCUT2D eigenvalue weighted by Gasteiger charge is 2.26. The van der Waals surface area contributed by atoms with Crippen molar-refractivity contribution in [3.8, 4) is 5.75 Å². The Kier molecular flexibility index (Phi) is 5.67. The molecular formula is C20H15ClFNO4S. The molecule has 0 heterocycles. The fraction of sp³-hybridized carbons (Fsp3) is 0.0500. The van der Waals surface area contributed by atoms with Crippen LogP contribution in [-0.2, 0) is 10.0 Å². The Labute approximate surface area is 167 Å². The minimum Gasteiger partial charge on any atom is -0.420 e. The summed E-state index contributed by atoms with van der Waals surface area (Å²) in [5.41, 5.74) is 0.352. The van der Waals surface area contributed by atoms with Crippen molar-refractivity contribution in [3.05, 3.63) is 89.2 Å². The predicted molar refractivity (Wildman–Crippen MR) is 105 cm³/mol. The number of sulfonamides is 1. The lowest BCUT2D eigenvalue weighted by atomic mass is 10.2. The van der Waals surface area contributed by atoms with Crippen LogP contribution in [0.1, 0.15) is 10.4 Å². The molecule has 0 saturated heterocycles. The molecule has 144 valence electrons. The van der Waals surface area contributed by atoms with Gasteiger partial charge in [0.05, 0.1) is 16.3 Å². The number of esters is 1. The Balaban J connectivity index is 1.95. The summed E-state index contributed by atoms with van der Waals surface area (Å²) in [5, 5.41) is -0.0507. The zero-order valence-electron chi connectivity index (χ0n) is 14.7. The van der Waals surface area contributed by atoms with Gasteiger partial charge in [0.15, 0.2) is 11.6 Å². The second-order valence-corrected chi connectivity index (χ2v) is 8.12. The highest BCUT2D eigenvalue weighted by molar-refractivity contribution is 7.93. The van der Waals surface area contributed by atoms with Crippen LogP contribution in [0.5, 0.6) is 5.75 Å². The molecule has 0 bridgehead atoms. The number of hydrogen-bond acceptors (Lipinski definition) is 4. The lowest BCUT2D eigenvalue weighted by molar-refractivity contribution is 0.0727. The van der Waals surface area contributed by atoms with Crippen molar-refractivity contribution in [2.75, 3.05) is 11.4 Å². The van der Waals surface area contributed by atoms with Crippen molar-refractivity contribution in [1.82, 2.24) is 0 Å². The maximum atomic E-state index is 13.7. The van der Waals surface area contributed by atoms with E-state index in [4.69, 9.17) is 16.3 Å². The molecule has 5 nitrogen and oxygen atoms in total. The average Bonchev–Trinajstić information content (AvgIpc) is 2.70. The second-order valence-electron chi connectivity index (χ2n) is 5.77. The van der Waals surface area contributed by atoms with Crippen LogP contribution >= 0.6 is 11.6 Å². The van der Waals surface area contributed by atoms with Crippen molar-refractivity contribution in [2.24, 2.45) is 0 Å². The van der Waals surface area contributed by atoms with E-state index >= 15 is 0 Å². The molecule has 0 amide bonds. The van der Waals surface area contributed by atoms with Crippen LogP contribution < -0.4 is 9.04 Å². The van der Waals surface area contributed by atoms with Crippen LogP contribution in [0.4, 0.5) is 10.1 Å². The number of anilines is 1. The zero-order chi connectivity index (χ0) is 20.3. The number of hydrogen-bond donors (Lipinski definition) is 0. The summed E-state index contributed by atoms with van der Waals surface area (Å²) in [4.78, 5) is 12.1. The summed E-state index contributed by atoms with van der Waals surface area (Å²) >= 11 is 6.08. The van der Waals surface area contributed by atoms with Crippen molar-refractivity contribution >= 4 is 33.3 Å². The van der Waals surface area contributed by atoms with E-state index in [-0.39, 0.29) is 21.2 Å². The Morgan fingerprint density at radius 2 is 1.64 bits per heavy atom. The molecule has 3 rings (SSSR count). The number of rotatable bonds is 5.